The number of aryl methyl sites for hydroxylation is 2. The van der Waals surface area contributed by atoms with Gasteiger partial charge in [0.25, 0.3) is 5.91 Å². The Balaban J connectivity index is 1.86. The molecule has 24 heavy (non-hydrogen) atoms. The normalized spacial score (nSPS) is 21.0. The Morgan fingerprint density at radius 1 is 1.29 bits per heavy atom. The molecule has 0 saturated carbocycles. The van der Waals surface area contributed by atoms with Crippen LogP contribution in [-0.2, 0) is 14.3 Å². The van der Waals surface area contributed by atoms with Crippen molar-refractivity contribution in [3.05, 3.63) is 40.4 Å². The highest BCUT2D eigenvalue weighted by Gasteiger charge is 2.40. The summed E-state index contributed by atoms with van der Waals surface area (Å²) in [6.45, 7) is 3.68. The molecule has 0 bridgehead atoms. The first-order chi connectivity index (χ1) is 11.5. The fourth-order valence-electron chi connectivity index (χ4n) is 2.62. The molecule has 126 valence electrons. The number of amides is 2. The van der Waals surface area contributed by atoms with Gasteiger partial charge in [0.15, 0.2) is 6.10 Å². The lowest BCUT2D eigenvalue weighted by Crippen LogP contribution is -2.51. The van der Waals surface area contributed by atoms with Crippen LogP contribution in [0, 0.1) is 13.8 Å². The molecule has 2 aromatic rings. The number of hydrogen-bond donors (Lipinski definition) is 1. The Morgan fingerprint density at radius 2 is 2.00 bits per heavy atom. The molecule has 7 nitrogen and oxygen atoms in total. The SMILES string of the molecule is Cc1ccc(C2C(C(=O)Nc3nnc(C)s3)OCC(=O)N2C)cc1. The average molecular weight is 346 g/mol. The number of rotatable bonds is 3. The molecule has 1 saturated heterocycles. The molecule has 2 unspecified atom stereocenters. The summed E-state index contributed by atoms with van der Waals surface area (Å²) in [5.41, 5.74) is 1.96. The summed E-state index contributed by atoms with van der Waals surface area (Å²) in [6.07, 6.45) is -0.806. The number of aromatic nitrogens is 2. The highest BCUT2D eigenvalue weighted by atomic mass is 32.1. The topological polar surface area (TPSA) is 84.4 Å². The Labute approximate surface area is 143 Å². The van der Waals surface area contributed by atoms with E-state index in [0.717, 1.165) is 16.1 Å². The average Bonchev–Trinajstić information content (AvgIpc) is 2.96. The van der Waals surface area contributed by atoms with E-state index in [4.69, 9.17) is 4.74 Å². The fraction of sp³-hybridized carbons (Fsp3) is 0.375. The van der Waals surface area contributed by atoms with Crippen LogP contribution in [-0.4, -0.2) is 46.7 Å². The summed E-state index contributed by atoms with van der Waals surface area (Å²) in [5, 5.41) is 11.7. The van der Waals surface area contributed by atoms with E-state index in [1.807, 2.05) is 38.1 Å². The van der Waals surface area contributed by atoms with Gasteiger partial charge in [-0.1, -0.05) is 41.2 Å². The molecule has 1 fully saturated rings. The predicted octanol–water partition coefficient (Wildman–Crippen LogP) is 1.69. The van der Waals surface area contributed by atoms with Gasteiger partial charge in [-0.25, -0.2) is 0 Å². The van der Waals surface area contributed by atoms with Crippen molar-refractivity contribution < 1.29 is 14.3 Å². The summed E-state index contributed by atoms with van der Waals surface area (Å²) in [7, 11) is 1.69. The maximum absolute atomic E-state index is 12.6. The summed E-state index contributed by atoms with van der Waals surface area (Å²) in [4.78, 5) is 26.2. The Bertz CT molecular complexity index is 759. The van der Waals surface area contributed by atoms with Crippen LogP contribution < -0.4 is 5.32 Å². The fourth-order valence-corrected chi connectivity index (χ4v) is 3.21. The minimum Gasteiger partial charge on any atom is -0.356 e. The molecule has 0 spiro atoms. The zero-order chi connectivity index (χ0) is 17.3. The van der Waals surface area contributed by atoms with Gasteiger partial charge in [0.1, 0.15) is 11.6 Å². The zero-order valence-corrected chi connectivity index (χ0v) is 14.5. The molecule has 8 heteroatoms. The van der Waals surface area contributed by atoms with E-state index in [1.165, 1.54) is 11.3 Å². The number of carbonyl (C=O) groups is 2. The maximum Gasteiger partial charge on any atom is 0.257 e. The predicted molar refractivity (Wildman–Crippen MR) is 89.7 cm³/mol. The molecule has 0 aliphatic carbocycles. The van der Waals surface area contributed by atoms with Gasteiger partial charge in [0.05, 0.1) is 6.04 Å². The summed E-state index contributed by atoms with van der Waals surface area (Å²) in [6, 6.07) is 7.24. The van der Waals surface area contributed by atoms with Crippen LogP contribution in [0.1, 0.15) is 22.2 Å². The molecule has 2 atom stereocenters. The quantitative estimate of drug-likeness (QED) is 0.914. The number of benzene rings is 1. The molecule has 1 aromatic heterocycles. The summed E-state index contributed by atoms with van der Waals surface area (Å²) in [5.74, 6) is -0.493. The third-order valence-electron chi connectivity index (χ3n) is 3.92. The van der Waals surface area contributed by atoms with Crippen molar-refractivity contribution in [3.8, 4) is 0 Å². The lowest BCUT2D eigenvalue weighted by Gasteiger charge is -2.38. The van der Waals surface area contributed by atoms with Crippen LogP contribution in [0.5, 0.6) is 0 Å². The molecule has 1 N–H and O–H groups in total. The van der Waals surface area contributed by atoms with E-state index < -0.39 is 12.1 Å². The van der Waals surface area contributed by atoms with E-state index in [2.05, 4.69) is 15.5 Å². The molecular weight excluding hydrogens is 328 g/mol. The molecule has 3 rings (SSSR count). The van der Waals surface area contributed by atoms with Crippen LogP contribution in [0.4, 0.5) is 5.13 Å². The first-order valence-electron chi connectivity index (χ1n) is 7.50. The number of morpholine rings is 1. The minimum absolute atomic E-state index is 0.119. The lowest BCUT2D eigenvalue weighted by atomic mass is 9.97. The smallest absolute Gasteiger partial charge is 0.257 e. The minimum atomic E-state index is -0.806. The van der Waals surface area contributed by atoms with Gasteiger partial charge in [-0.05, 0) is 19.4 Å². The van der Waals surface area contributed by atoms with E-state index >= 15 is 0 Å². The standard InChI is InChI=1S/C16H18N4O3S/c1-9-4-6-11(7-5-9)13-14(23-8-12(21)20(13)3)15(22)17-16-19-18-10(2)24-16/h4-7,13-14H,8H2,1-3H3,(H,17,19,22). The van der Waals surface area contributed by atoms with Crippen LogP contribution in [0.3, 0.4) is 0 Å². The molecule has 2 heterocycles. The summed E-state index contributed by atoms with van der Waals surface area (Å²) < 4.78 is 5.55. The Hall–Kier alpha value is -2.32. The third-order valence-corrected chi connectivity index (χ3v) is 4.67. The van der Waals surface area contributed by atoms with E-state index in [1.54, 1.807) is 11.9 Å². The van der Waals surface area contributed by atoms with Crippen LogP contribution in [0.2, 0.25) is 0 Å². The third kappa shape index (κ3) is 3.29. The maximum atomic E-state index is 12.6. The van der Waals surface area contributed by atoms with Crippen LogP contribution in [0.25, 0.3) is 0 Å². The van der Waals surface area contributed by atoms with Crippen molar-refractivity contribution >= 4 is 28.3 Å². The number of ether oxygens (including phenoxy) is 1. The van der Waals surface area contributed by atoms with Crippen molar-refractivity contribution in [1.29, 1.82) is 0 Å². The first kappa shape index (κ1) is 16.5. The molecule has 1 aliphatic heterocycles. The van der Waals surface area contributed by atoms with Gasteiger partial charge in [-0.15, -0.1) is 10.2 Å². The highest BCUT2D eigenvalue weighted by Crippen LogP contribution is 2.30. The Morgan fingerprint density at radius 3 is 2.62 bits per heavy atom. The number of anilines is 1. The van der Waals surface area contributed by atoms with Crippen molar-refractivity contribution in [2.45, 2.75) is 26.0 Å². The van der Waals surface area contributed by atoms with Gasteiger partial charge in [-0.2, -0.15) is 0 Å². The van der Waals surface area contributed by atoms with Gasteiger partial charge in [-0.3, -0.25) is 14.9 Å². The van der Waals surface area contributed by atoms with Crippen molar-refractivity contribution in [2.24, 2.45) is 0 Å². The van der Waals surface area contributed by atoms with Gasteiger partial charge in [0, 0.05) is 7.05 Å². The largest absolute Gasteiger partial charge is 0.356 e. The van der Waals surface area contributed by atoms with Crippen molar-refractivity contribution in [3.63, 3.8) is 0 Å². The van der Waals surface area contributed by atoms with Crippen molar-refractivity contribution in [2.75, 3.05) is 19.0 Å². The monoisotopic (exact) mass is 346 g/mol. The second-order valence-corrected chi connectivity index (χ2v) is 6.89. The summed E-state index contributed by atoms with van der Waals surface area (Å²) >= 11 is 1.29. The first-order valence-corrected chi connectivity index (χ1v) is 8.32. The second kappa shape index (κ2) is 6.66. The van der Waals surface area contributed by atoms with E-state index in [-0.39, 0.29) is 18.4 Å². The van der Waals surface area contributed by atoms with E-state index in [0.29, 0.717) is 5.13 Å². The number of nitrogens with zero attached hydrogens (tertiary/aromatic N) is 3. The van der Waals surface area contributed by atoms with Crippen molar-refractivity contribution in [1.82, 2.24) is 15.1 Å². The van der Waals surface area contributed by atoms with Gasteiger partial charge < -0.3 is 9.64 Å². The molecule has 1 aromatic carbocycles. The van der Waals surface area contributed by atoms with Crippen LogP contribution in [0.15, 0.2) is 24.3 Å². The molecule has 2 amide bonds. The Kier molecular flexibility index (Phi) is 4.59. The lowest BCUT2D eigenvalue weighted by molar-refractivity contribution is -0.160. The zero-order valence-electron chi connectivity index (χ0n) is 13.6. The number of hydrogen-bond acceptors (Lipinski definition) is 6. The number of carbonyl (C=O) groups excluding carboxylic acids is 2. The van der Waals surface area contributed by atoms with Crippen LogP contribution >= 0.6 is 11.3 Å². The number of nitrogens with one attached hydrogen (secondary N) is 1. The molecule has 0 radical (unpaired) electrons. The van der Waals surface area contributed by atoms with Gasteiger partial charge >= 0.3 is 0 Å². The molecule has 1 aliphatic rings. The van der Waals surface area contributed by atoms with E-state index in [9.17, 15) is 9.59 Å². The second-order valence-electron chi connectivity index (χ2n) is 5.71. The molecular formula is C16H18N4O3S. The highest BCUT2D eigenvalue weighted by molar-refractivity contribution is 7.15. The number of likely N-dealkylation sites (N-methyl/N-ethyl adjacent to an activating group) is 1. The van der Waals surface area contributed by atoms with Gasteiger partial charge in [0.2, 0.25) is 11.0 Å².